The van der Waals surface area contributed by atoms with E-state index in [1.54, 1.807) is 18.2 Å². The summed E-state index contributed by atoms with van der Waals surface area (Å²) in [6.45, 7) is -1.85. The average Bonchev–Trinajstić information content (AvgIpc) is 3.22. The topological polar surface area (TPSA) is 63.7 Å². The zero-order valence-electron chi connectivity index (χ0n) is 14.9. The highest BCUT2D eigenvalue weighted by atomic mass is 32.2. The van der Waals surface area contributed by atoms with Crippen LogP contribution in [0.25, 0.3) is 6.08 Å². The molecule has 3 rings (SSSR count). The van der Waals surface area contributed by atoms with Crippen molar-refractivity contribution in [2.24, 2.45) is 0 Å². The Hall–Kier alpha value is -2.58. The minimum Gasteiger partial charge on any atom is -0.435 e. The number of alkyl halides is 2. The molecule has 0 saturated carbocycles. The van der Waals surface area contributed by atoms with Crippen molar-refractivity contribution >= 4 is 21.9 Å². The van der Waals surface area contributed by atoms with E-state index in [1.165, 1.54) is 46.8 Å². The number of ether oxygens (including phenoxy) is 1. The van der Waals surface area contributed by atoms with Crippen molar-refractivity contribution in [3.63, 3.8) is 0 Å². The van der Waals surface area contributed by atoms with Crippen LogP contribution in [0.1, 0.15) is 28.8 Å². The number of carbonyl (C=O) groups is 1. The van der Waals surface area contributed by atoms with Gasteiger partial charge in [-0.1, -0.05) is 18.2 Å². The van der Waals surface area contributed by atoms with E-state index in [4.69, 9.17) is 0 Å². The summed E-state index contributed by atoms with van der Waals surface area (Å²) in [4.78, 5) is 12.4. The second-order valence-electron chi connectivity index (χ2n) is 6.28. The number of halogens is 2. The van der Waals surface area contributed by atoms with Crippen LogP contribution in [0.3, 0.4) is 0 Å². The van der Waals surface area contributed by atoms with Crippen molar-refractivity contribution in [3.8, 4) is 5.75 Å². The molecule has 0 atom stereocenters. The molecular weight excluding hydrogens is 388 g/mol. The highest BCUT2D eigenvalue weighted by Gasteiger charge is 2.27. The molecule has 2 aromatic rings. The summed E-state index contributed by atoms with van der Waals surface area (Å²) in [5.74, 6) is -0.258. The molecule has 148 valence electrons. The van der Waals surface area contributed by atoms with Crippen LogP contribution in [-0.2, 0) is 10.0 Å². The number of sulfonamides is 1. The molecule has 0 amide bonds. The summed E-state index contributed by atoms with van der Waals surface area (Å²) in [5.41, 5.74) is 0.998. The van der Waals surface area contributed by atoms with Crippen molar-refractivity contribution in [2.45, 2.75) is 24.3 Å². The van der Waals surface area contributed by atoms with Crippen LogP contribution in [0, 0.1) is 0 Å². The Morgan fingerprint density at radius 1 is 1.00 bits per heavy atom. The summed E-state index contributed by atoms with van der Waals surface area (Å²) in [5, 5.41) is 0. The highest BCUT2D eigenvalue weighted by molar-refractivity contribution is 7.89. The number of nitrogens with zero attached hydrogens (tertiary/aromatic N) is 1. The van der Waals surface area contributed by atoms with E-state index in [0.717, 1.165) is 12.8 Å². The van der Waals surface area contributed by atoms with E-state index in [0.29, 0.717) is 24.2 Å². The maximum atomic E-state index is 12.5. The fourth-order valence-corrected chi connectivity index (χ4v) is 4.41. The van der Waals surface area contributed by atoms with Crippen molar-refractivity contribution < 1.29 is 26.7 Å². The van der Waals surface area contributed by atoms with E-state index in [2.05, 4.69) is 4.74 Å². The molecular formula is C20H19F2NO4S. The molecule has 1 saturated heterocycles. The number of benzene rings is 2. The fraction of sp³-hybridized carbons (Fsp3) is 0.250. The van der Waals surface area contributed by atoms with Gasteiger partial charge in [-0.05, 0) is 60.9 Å². The fourth-order valence-electron chi connectivity index (χ4n) is 2.90. The molecule has 1 aliphatic rings. The normalized spacial score (nSPS) is 15.4. The lowest BCUT2D eigenvalue weighted by Gasteiger charge is -2.15. The van der Waals surface area contributed by atoms with Crippen LogP contribution in [-0.4, -0.2) is 38.2 Å². The Morgan fingerprint density at radius 3 is 2.18 bits per heavy atom. The van der Waals surface area contributed by atoms with Gasteiger partial charge in [0.25, 0.3) is 0 Å². The molecule has 0 aromatic heterocycles. The molecule has 0 aliphatic carbocycles. The van der Waals surface area contributed by atoms with Crippen molar-refractivity contribution in [2.75, 3.05) is 13.1 Å². The molecule has 0 N–H and O–H groups in total. The van der Waals surface area contributed by atoms with Crippen LogP contribution in [0.2, 0.25) is 0 Å². The smallest absolute Gasteiger partial charge is 0.387 e. The van der Waals surface area contributed by atoms with E-state index >= 15 is 0 Å². The molecule has 1 heterocycles. The number of hydrogen-bond acceptors (Lipinski definition) is 4. The lowest BCUT2D eigenvalue weighted by molar-refractivity contribution is -0.0498. The predicted molar refractivity (Wildman–Crippen MR) is 101 cm³/mol. The monoisotopic (exact) mass is 407 g/mol. The molecule has 0 spiro atoms. The van der Waals surface area contributed by atoms with E-state index in [1.807, 2.05) is 0 Å². The van der Waals surface area contributed by atoms with Gasteiger partial charge in [0.1, 0.15) is 5.75 Å². The van der Waals surface area contributed by atoms with Gasteiger partial charge in [0.15, 0.2) is 5.78 Å². The summed E-state index contributed by atoms with van der Waals surface area (Å²) in [6, 6.07) is 11.7. The molecule has 1 fully saturated rings. The standard InChI is InChI=1S/C20H19F2NO4S/c21-20(22)27-17-8-3-15(4-9-17)5-12-19(24)16-6-10-18(11-7-16)28(25,26)23-13-1-2-14-23/h3-12,20H,1-2,13-14H2. The molecule has 0 unspecified atom stereocenters. The largest absolute Gasteiger partial charge is 0.435 e. The zero-order chi connectivity index (χ0) is 20.1. The number of ketones is 1. The maximum Gasteiger partial charge on any atom is 0.387 e. The maximum absolute atomic E-state index is 12.5. The first kappa shape index (κ1) is 20.2. The van der Waals surface area contributed by atoms with E-state index in [9.17, 15) is 22.0 Å². The predicted octanol–water partition coefficient (Wildman–Crippen LogP) is 3.97. The zero-order valence-corrected chi connectivity index (χ0v) is 15.7. The van der Waals surface area contributed by atoms with Gasteiger partial charge in [-0.25, -0.2) is 8.42 Å². The van der Waals surface area contributed by atoms with E-state index in [-0.39, 0.29) is 16.4 Å². The molecule has 0 radical (unpaired) electrons. The summed E-state index contributed by atoms with van der Waals surface area (Å²) in [6.07, 6.45) is 4.60. The van der Waals surface area contributed by atoms with Gasteiger partial charge < -0.3 is 4.74 Å². The second kappa shape index (κ2) is 8.62. The Kier molecular flexibility index (Phi) is 6.21. The molecule has 28 heavy (non-hydrogen) atoms. The number of allylic oxidation sites excluding steroid dienone is 1. The summed E-state index contributed by atoms with van der Waals surface area (Å²) in [7, 11) is -3.51. The summed E-state index contributed by atoms with van der Waals surface area (Å²) < 4.78 is 55.0. The highest BCUT2D eigenvalue weighted by Crippen LogP contribution is 2.21. The number of rotatable bonds is 7. The Balaban J connectivity index is 1.66. The van der Waals surface area contributed by atoms with Gasteiger partial charge in [0, 0.05) is 18.7 Å². The molecule has 2 aromatic carbocycles. The lowest BCUT2D eigenvalue weighted by atomic mass is 10.1. The van der Waals surface area contributed by atoms with Gasteiger partial charge in [-0.3, -0.25) is 4.79 Å². The average molecular weight is 407 g/mol. The molecule has 8 heteroatoms. The van der Waals surface area contributed by atoms with Gasteiger partial charge in [-0.15, -0.1) is 0 Å². The first-order valence-corrected chi connectivity index (χ1v) is 10.2. The molecule has 5 nitrogen and oxygen atoms in total. The van der Waals surface area contributed by atoms with Crippen LogP contribution in [0.4, 0.5) is 8.78 Å². The Labute approximate surface area is 162 Å². The second-order valence-corrected chi connectivity index (χ2v) is 8.22. The summed E-state index contributed by atoms with van der Waals surface area (Å²) >= 11 is 0. The molecule has 0 bridgehead atoms. The third kappa shape index (κ3) is 4.82. The van der Waals surface area contributed by atoms with Gasteiger partial charge >= 0.3 is 6.61 Å². The van der Waals surface area contributed by atoms with Gasteiger partial charge in [-0.2, -0.15) is 13.1 Å². The first-order chi connectivity index (χ1) is 13.4. The third-order valence-corrected chi connectivity index (χ3v) is 6.29. The minimum atomic E-state index is -3.51. The van der Waals surface area contributed by atoms with Crippen molar-refractivity contribution in [1.82, 2.24) is 4.31 Å². The Bertz CT molecular complexity index is 949. The van der Waals surface area contributed by atoms with Crippen LogP contribution in [0.15, 0.2) is 59.5 Å². The Morgan fingerprint density at radius 2 is 1.61 bits per heavy atom. The van der Waals surface area contributed by atoms with Crippen LogP contribution >= 0.6 is 0 Å². The first-order valence-electron chi connectivity index (χ1n) is 8.74. The SMILES string of the molecule is O=C(C=Cc1ccc(OC(F)F)cc1)c1ccc(S(=O)(=O)N2CCCC2)cc1. The van der Waals surface area contributed by atoms with Crippen LogP contribution in [0.5, 0.6) is 5.75 Å². The van der Waals surface area contributed by atoms with Gasteiger partial charge in [0.05, 0.1) is 4.90 Å². The van der Waals surface area contributed by atoms with Crippen molar-refractivity contribution in [1.29, 1.82) is 0 Å². The quantitative estimate of drug-likeness (QED) is 0.515. The molecule has 1 aliphatic heterocycles. The van der Waals surface area contributed by atoms with Gasteiger partial charge in [0.2, 0.25) is 10.0 Å². The van der Waals surface area contributed by atoms with E-state index < -0.39 is 16.6 Å². The van der Waals surface area contributed by atoms with Crippen LogP contribution < -0.4 is 4.74 Å². The third-order valence-electron chi connectivity index (χ3n) is 4.37. The minimum absolute atomic E-state index is 0.0354. The number of carbonyl (C=O) groups excluding carboxylic acids is 1. The number of hydrogen-bond donors (Lipinski definition) is 0. The lowest BCUT2D eigenvalue weighted by Crippen LogP contribution is -2.27. The van der Waals surface area contributed by atoms with Crippen molar-refractivity contribution in [3.05, 3.63) is 65.7 Å².